The molecule has 114 valence electrons. The Labute approximate surface area is 132 Å². The van der Waals surface area contributed by atoms with E-state index in [1.807, 2.05) is 12.3 Å². The van der Waals surface area contributed by atoms with E-state index >= 15 is 0 Å². The van der Waals surface area contributed by atoms with Gasteiger partial charge in [0.05, 0.1) is 29.0 Å². The molecule has 0 radical (unpaired) electrons. The topological polar surface area (TPSA) is 84.0 Å². The van der Waals surface area contributed by atoms with Gasteiger partial charge < -0.3 is 10.6 Å². The van der Waals surface area contributed by atoms with Gasteiger partial charge in [-0.25, -0.2) is 9.97 Å². The molecule has 1 aliphatic rings. The van der Waals surface area contributed by atoms with Crippen LogP contribution >= 0.6 is 11.3 Å². The molecule has 0 atom stereocenters. The number of aryl methyl sites for hydroxylation is 1. The molecule has 2 N–H and O–H groups in total. The summed E-state index contributed by atoms with van der Waals surface area (Å²) in [5.41, 5.74) is 1.36. The van der Waals surface area contributed by atoms with Crippen molar-refractivity contribution in [2.75, 3.05) is 10.6 Å². The lowest BCUT2D eigenvalue weighted by Gasteiger charge is -2.06. The Morgan fingerprint density at radius 3 is 2.73 bits per heavy atom. The third-order valence-electron chi connectivity index (χ3n) is 3.25. The van der Waals surface area contributed by atoms with E-state index < -0.39 is 0 Å². The number of nitrogens with one attached hydrogen (secondary N) is 2. The molecule has 0 saturated heterocycles. The molecule has 3 rings (SSSR count). The average Bonchev–Trinajstić information content (AvgIpc) is 3.25. The zero-order chi connectivity index (χ0) is 15.5. The van der Waals surface area contributed by atoms with Crippen LogP contribution in [0.5, 0.6) is 0 Å². The largest absolute Gasteiger partial charge is 0.324 e. The van der Waals surface area contributed by atoms with E-state index in [9.17, 15) is 9.59 Å². The number of hydrogen-bond acceptors (Lipinski definition) is 5. The molecular formula is C15H16N4O2S. The smallest absolute Gasteiger partial charge is 0.230 e. The molecule has 0 bridgehead atoms. The van der Waals surface area contributed by atoms with E-state index in [4.69, 9.17) is 0 Å². The molecule has 0 aromatic carbocycles. The summed E-state index contributed by atoms with van der Waals surface area (Å²) in [7, 11) is 0. The molecule has 0 unspecified atom stereocenters. The number of hydrogen-bond donors (Lipinski definition) is 2. The molecule has 2 aromatic rings. The predicted molar refractivity (Wildman–Crippen MR) is 84.8 cm³/mol. The Kier molecular flexibility index (Phi) is 4.15. The minimum absolute atomic E-state index is 0.0168. The van der Waals surface area contributed by atoms with Gasteiger partial charge in [-0.1, -0.05) is 0 Å². The van der Waals surface area contributed by atoms with Gasteiger partial charge in [-0.3, -0.25) is 9.59 Å². The number of aromatic nitrogens is 2. The molecule has 22 heavy (non-hydrogen) atoms. The second kappa shape index (κ2) is 6.23. The molecule has 0 spiro atoms. The third kappa shape index (κ3) is 3.88. The first-order valence-corrected chi connectivity index (χ1v) is 7.96. The molecule has 6 nitrogen and oxygen atoms in total. The highest BCUT2D eigenvalue weighted by molar-refractivity contribution is 7.09. The van der Waals surface area contributed by atoms with Crippen molar-refractivity contribution in [1.29, 1.82) is 0 Å². The summed E-state index contributed by atoms with van der Waals surface area (Å²) >= 11 is 1.52. The van der Waals surface area contributed by atoms with Crippen molar-refractivity contribution in [3.63, 3.8) is 0 Å². The van der Waals surface area contributed by atoms with Crippen molar-refractivity contribution in [1.82, 2.24) is 9.97 Å². The van der Waals surface area contributed by atoms with Crippen LogP contribution < -0.4 is 10.6 Å². The van der Waals surface area contributed by atoms with E-state index in [1.165, 1.54) is 17.5 Å². The number of anilines is 2. The standard InChI is InChI=1S/C15H16N4O2S/c1-9-17-12(8-22-9)6-14(20)18-11-4-5-13(16-7-11)19-15(21)10-2-3-10/h4-5,7-8,10H,2-3,6H2,1H3,(H,18,20)(H,16,19,21). The maximum atomic E-state index is 11.9. The maximum absolute atomic E-state index is 11.9. The van der Waals surface area contributed by atoms with Gasteiger partial charge in [0, 0.05) is 11.3 Å². The Morgan fingerprint density at radius 2 is 2.14 bits per heavy atom. The second-order valence-corrected chi connectivity index (χ2v) is 6.34. The minimum atomic E-state index is -0.137. The Bertz CT molecular complexity index is 692. The van der Waals surface area contributed by atoms with Crippen molar-refractivity contribution in [3.05, 3.63) is 34.4 Å². The van der Waals surface area contributed by atoms with Gasteiger partial charge in [-0.2, -0.15) is 0 Å². The number of amides is 2. The summed E-state index contributed by atoms with van der Waals surface area (Å²) in [6.45, 7) is 1.91. The van der Waals surface area contributed by atoms with Crippen LogP contribution in [0.3, 0.4) is 0 Å². The van der Waals surface area contributed by atoms with Crippen LogP contribution in [0.4, 0.5) is 11.5 Å². The van der Waals surface area contributed by atoms with Crippen LogP contribution in [0.1, 0.15) is 23.5 Å². The van der Waals surface area contributed by atoms with Gasteiger partial charge in [-0.15, -0.1) is 11.3 Å². The van der Waals surface area contributed by atoms with Crippen LogP contribution in [0.15, 0.2) is 23.7 Å². The van der Waals surface area contributed by atoms with E-state index in [1.54, 1.807) is 12.1 Å². The van der Waals surface area contributed by atoms with Crippen LogP contribution in [-0.2, 0) is 16.0 Å². The Morgan fingerprint density at radius 1 is 1.32 bits per heavy atom. The highest BCUT2D eigenvalue weighted by atomic mass is 32.1. The summed E-state index contributed by atoms with van der Waals surface area (Å²) in [5.74, 6) is 0.526. The first-order chi connectivity index (χ1) is 10.6. The van der Waals surface area contributed by atoms with Gasteiger partial charge in [0.15, 0.2) is 0 Å². The molecule has 0 aliphatic heterocycles. The number of rotatable bonds is 5. The number of nitrogens with zero attached hydrogens (tertiary/aromatic N) is 2. The molecule has 7 heteroatoms. The SMILES string of the molecule is Cc1nc(CC(=O)Nc2ccc(NC(=O)C3CC3)nc2)cs1. The third-order valence-corrected chi connectivity index (χ3v) is 4.08. The number of pyridine rings is 1. The summed E-state index contributed by atoms with van der Waals surface area (Å²) < 4.78 is 0. The van der Waals surface area contributed by atoms with Crippen molar-refractivity contribution in [3.8, 4) is 0 Å². The molecule has 2 heterocycles. The molecule has 1 aliphatic carbocycles. The molecular weight excluding hydrogens is 300 g/mol. The fourth-order valence-electron chi connectivity index (χ4n) is 1.97. The quantitative estimate of drug-likeness (QED) is 0.887. The molecule has 1 saturated carbocycles. The van der Waals surface area contributed by atoms with Crippen molar-refractivity contribution in [2.45, 2.75) is 26.2 Å². The predicted octanol–water partition coefficient (Wildman–Crippen LogP) is 2.38. The lowest BCUT2D eigenvalue weighted by atomic mass is 10.3. The fraction of sp³-hybridized carbons (Fsp3) is 0.333. The van der Waals surface area contributed by atoms with Crippen molar-refractivity contribution in [2.24, 2.45) is 5.92 Å². The van der Waals surface area contributed by atoms with Crippen LogP contribution in [0.25, 0.3) is 0 Å². The van der Waals surface area contributed by atoms with Crippen LogP contribution in [0.2, 0.25) is 0 Å². The summed E-state index contributed by atoms with van der Waals surface area (Å²) in [5, 5.41) is 8.34. The molecule has 2 aromatic heterocycles. The summed E-state index contributed by atoms with van der Waals surface area (Å²) in [4.78, 5) is 31.9. The molecule has 1 fully saturated rings. The number of thiazole rings is 1. The van der Waals surface area contributed by atoms with Crippen LogP contribution in [-0.4, -0.2) is 21.8 Å². The number of carbonyl (C=O) groups is 2. The lowest BCUT2D eigenvalue weighted by molar-refractivity contribution is -0.117. The fourth-order valence-corrected chi connectivity index (χ4v) is 2.59. The van der Waals surface area contributed by atoms with E-state index in [0.29, 0.717) is 11.5 Å². The summed E-state index contributed by atoms with van der Waals surface area (Å²) in [6, 6.07) is 3.41. The number of carbonyl (C=O) groups excluding carboxylic acids is 2. The van der Waals surface area contributed by atoms with Crippen molar-refractivity contribution >= 4 is 34.7 Å². The zero-order valence-corrected chi connectivity index (χ0v) is 12.9. The van der Waals surface area contributed by atoms with Crippen molar-refractivity contribution < 1.29 is 9.59 Å². The highest BCUT2D eigenvalue weighted by Crippen LogP contribution is 2.29. The lowest BCUT2D eigenvalue weighted by Crippen LogP contribution is -2.16. The van der Waals surface area contributed by atoms with Crippen LogP contribution in [0, 0.1) is 12.8 Å². The van der Waals surface area contributed by atoms with Gasteiger partial charge in [0.2, 0.25) is 11.8 Å². The van der Waals surface area contributed by atoms with Gasteiger partial charge >= 0.3 is 0 Å². The monoisotopic (exact) mass is 316 g/mol. The van der Waals surface area contributed by atoms with E-state index in [-0.39, 0.29) is 24.2 Å². The normalized spacial score (nSPS) is 13.7. The summed E-state index contributed by atoms with van der Waals surface area (Å²) in [6.07, 6.45) is 3.68. The van der Waals surface area contributed by atoms with Gasteiger partial charge in [0.25, 0.3) is 0 Å². The average molecular weight is 316 g/mol. The highest BCUT2D eigenvalue weighted by Gasteiger charge is 2.29. The second-order valence-electron chi connectivity index (χ2n) is 5.28. The van der Waals surface area contributed by atoms with E-state index in [0.717, 1.165) is 23.5 Å². The van der Waals surface area contributed by atoms with Gasteiger partial charge in [0.1, 0.15) is 5.82 Å². The zero-order valence-electron chi connectivity index (χ0n) is 12.1. The first kappa shape index (κ1) is 14.6. The van der Waals surface area contributed by atoms with E-state index in [2.05, 4.69) is 20.6 Å². The maximum Gasteiger partial charge on any atom is 0.230 e. The first-order valence-electron chi connectivity index (χ1n) is 7.08. The van der Waals surface area contributed by atoms with Gasteiger partial charge in [-0.05, 0) is 31.9 Å². The Hall–Kier alpha value is -2.28. The molecule has 2 amide bonds. The minimum Gasteiger partial charge on any atom is -0.324 e. The Balaban J connectivity index is 1.53.